The van der Waals surface area contributed by atoms with Crippen molar-refractivity contribution in [1.82, 2.24) is 9.55 Å². The van der Waals surface area contributed by atoms with Gasteiger partial charge in [-0.25, -0.2) is 4.98 Å². The molecule has 4 rings (SSSR count). The standard InChI is InChI=1S/C21H20Br2ClN4O2/c1-11(2)27-19-17(25-21(27)23)20(29)28(16-9-14(24)7-5-12(16)3)18(19)15-8-6-13(22)10-26(15)30-4/h5-11,18H,1-4H3/q+1. The number of imidazole rings is 1. The van der Waals surface area contributed by atoms with Crippen molar-refractivity contribution in [1.29, 1.82) is 0 Å². The Morgan fingerprint density at radius 1 is 1.23 bits per heavy atom. The highest BCUT2D eigenvalue weighted by molar-refractivity contribution is 9.10. The summed E-state index contributed by atoms with van der Waals surface area (Å²) in [5, 5.41) is 0.565. The first-order valence-corrected chi connectivity index (χ1v) is 11.3. The molecular weight excluding hydrogens is 536 g/mol. The van der Waals surface area contributed by atoms with Crippen molar-refractivity contribution < 1.29 is 14.4 Å². The molecule has 0 N–H and O–H groups in total. The van der Waals surface area contributed by atoms with Crippen LogP contribution < -0.4 is 14.5 Å². The molecule has 0 saturated carbocycles. The fraction of sp³-hybridized carbons (Fsp3) is 0.286. The number of carbonyl (C=O) groups is 1. The van der Waals surface area contributed by atoms with Gasteiger partial charge in [0, 0.05) is 27.5 Å². The molecule has 1 atom stereocenters. The molecule has 1 unspecified atom stereocenters. The predicted octanol–water partition coefficient (Wildman–Crippen LogP) is 5.05. The van der Waals surface area contributed by atoms with E-state index >= 15 is 0 Å². The summed E-state index contributed by atoms with van der Waals surface area (Å²) in [5.74, 6) is -0.175. The highest BCUT2D eigenvalue weighted by Crippen LogP contribution is 2.44. The second kappa shape index (κ2) is 7.98. The third-order valence-electron chi connectivity index (χ3n) is 5.18. The summed E-state index contributed by atoms with van der Waals surface area (Å²) in [6.45, 7) is 6.09. The van der Waals surface area contributed by atoms with Crippen LogP contribution in [-0.2, 0) is 0 Å². The molecule has 6 nitrogen and oxygen atoms in total. The van der Waals surface area contributed by atoms with E-state index in [2.05, 4.69) is 50.7 Å². The molecule has 9 heteroatoms. The number of hydrogen-bond donors (Lipinski definition) is 0. The molecule has 1 amide bonds. The van der Waals surface area contributed by atoms with Crippen molar-refractivity contribution in [2.75, 3.05) is 12.0 Å². The molecule has 0 spiro atoms. The summed E-state index contributed by atoms with van der Waals surface area (Å²) in [6, 6.07) is 9.08. The number of halogens is 3. The largest absolute Gasteiger partial charge is 0.317 e. The third kappa shape index (κ3) is 3.35. The molecule has 2 aromatic heterocycles. The molecule has 3 aromatic rings. The van der Waals surface area contributed by atoms with Crippen LogP contribution in [0.4, 0.5) is 5.69 Å². The number of fused-ring (bicyclic) bond motifs is 1. The first-order chi connectivity index (χ1) is 14.2. The lowest BCUT2D eigenvalue weighted by Gasteiger charge is -2.26. The van der Waals surface area contributed by atoms with Gasteiger partial charge in [0.15, 0.2) is 16.5 Å². The maximum absolute atomic E-state index is 13.6. The van der Waals surface area contributed by atoms with E-state index in [9.17, 15) is 4.79 Å². The minimum absolute atomic E-state index is 0.0952. The lowest BCUT2D eigenvalue weighted by atomic mass is 10.1. The van der Waals surface area contributed by atoms with Gasteiger partial charge in [0.25, 0.3) is 11.6 Å². The number of aromatic nitrogens is 3. The quantitative estimate of drug-likeness (QED) is 0.424. The SMILES string of the molecule is CO[n+]1cc(Br)ccc1C1c2c(nc(Br)n2C(C)C)C(=O)N1c1cc(Cl)ccc1C. The van der Waals surface area contributed by atoms with E-state index in [0.29, 0.717) is 15.5 Å². The van der Waals surface area contributed by atoms with Gasteiger partial charge < -0.3 is 4.57 Å². The fourth-order valence-corrected chi connectivity index (χ4v) is 5.14. The van der Waals surface area contributed by atoms with E-state index in [1.165, 1.54) is 0 Å². The van der Waals surface area contributed by atoms with Gasteiger partial charge in [0.1, 0.15) is 7.11 Å². The summed E-state index contributed by atoms with van der Waals surface area (Å²) in [5.41, 5.74) is 3.72. The Morgan fingerprint density at radius 3 is 2.63 bits per heavy atom. The first kappa shape index (κ1) is 21.3. The molecule has 156 valence electrons. The van der Waals surface area contributed by atoms with Gasteiger partial charge in [0.2, 0.25) is 6.20 Å². The van der Waals surface area contributed by atoms with E-state index in [1.54, 1.807) is 16.7 Å². The lowest BCUT2D eigenvalue weighted by molar-refractivity contribution is -0.891. The maximum atomic E-state index is 13.6. The second-order valence-corrected chi connectivity index (χ2v) is 9.43. The van der Waals surface area contributed by atoms with Crippen LogP contribution in [0, 0.1) is 6.92 Å². The zero-order valence-electron chi connectivity index (χ0n) is 16.9. The predicted molar refractivity (Wildman–Crippen MR) is 122 cm³/mol. The zero-order chi connectivity index (χ0) is 21.7. The number of aryl methyl sites for hydroxylation is 1. The number of hydrogen-bond acceptors (Lipinski definition) is 3. The molecule has 0 saturated heterocycles. The Labute approximate surface area is 196 Å². The van der Waals surface area contributed by atoms with Crippen molar-refractivity contribution in [2.24, 2.45) is 0 Å². The number of carbonyl (C=O) groups excluding carboxylic acids is 1. The molecule has 1 aliphatic heterocycles. The zero-order valence-corrected chi connectivity index (χ0v) is 20.8. The summed E-state index contributed by atoms with van der Waals surface area (Å²) < 4.78 is 5.20. The van der Waals surface area contributed by atoms with Gasteiger partial charge in [0.05, 0.1) is 10.2 Å². The van der Waals surface area contributed by atoms with Crippen molar-refractivity contribution in [3.8, 4) is 0 Å². The maximum Gasteiger partial charge on any atom is 0.280 e. The average molecular weight is 556 g/mol. The van der Waals surface area contributed by atoms with E-state index in [1.807, 2.05) is 48.0 Å². The number of pyridine rings is 1. The molecule has 1 aliphatic rings. The van der Waals surface area contributed by atoms with Gasteiger partial charge in [-0.15, -0.1) is 0 Å². The number of benzene rings is 1. The summed E-state index contributed by atoms with van der Waals surface area (Å²) in [6.07, 6.45) is 1.83. The van der Waals surface area contributed by atoms with E-state index in [4.69, 9.17) is 16.4 Å². The van der Waals surface area contributed by atoms with Crippen LogP contribution in [0.1, 0.15) is 53.4 Å². The third-order valence-corrected chi connectivity index (χ3v) is 6.44. The van der Waals surface area contributed by atoms with E-state index in [-0.39, 0.29) is 11.9 Å². The molecule has 0 bridgehead atoms. The van der Waals surface area contributed by atoms with Crippen LogP contribution in [-0.4, -0.2) is 22.6 Å². The Kier molecular flexibility index (Phi) is 5.67. The van der Waals surface area contributed by atoms with Gasteiger partial charge in [-0.3, -0.25) is 14.5 Å². The van der Waals surface area contributed by atoms with Crippen molar-refractivity contribution in [3.05, 3.63) is 73.4 Å². The normalized spacial score (nSPS) is 15.8. The summed E-state index contributed by atoms with van der Waals surface area (Å²) in [4.78, 5) is 25.6. The molecule has 0 fully saturated rings. The van der Waals surface area contributed by atoms with Gasteiger partial charge >= 0.3 is 0 Å². The fourth-order valence-electron chi connectivity index (χ4n) is 3.88. The van der Waals surface area contributed by atoms with Gasteiger partial charge in [-0.1, -0.05) is 17.7 Å². The summed E-state index contributed by atoms with van der Waals surface area (Å²) in [7, 11) is 1.60. The Balaban J connectivity index is 2.04. The van der Waals surface area contributed by atoms with Crippen molar-refractivity contribution in [2.45, 2.75) is 32.9 Å². The summed E-state index contributed by atoms with van der Waals surface area (Å²) >= 11 is 13.3. The lowest BCUT2D eigenvalue weighted by Crippen LogP contribution is -2.48. The van der Waals surface area contributed by atoms with E-state index < -0.39 is 6.04 Å². The molecule has 0 radical (unpaired) electrons. The smallest absolute Gasteiger partial charge is 0.280 e. The van der Waals surface area contributed by atoms with Crippen LogP contribution >= 0.6 is 43.5 Å². The van der Waals surface area contributed by atoms with Crippen LogP contribution in [0.2, 0.25) is 5.02 Å². The molecule has 30 heavy (non-hydrogen) atoms. The van der Waals surface area contributed by atoms with Crippen LogP contribution in [0.3, 0.4) is 0 Å². The number of nitrogens with zero attached hydrogens (tertiary/aromatic N) is 4. The van der Waals surface area contributed by atoms with Crippen LogP contribution in [0.25, 0.3) is 0 Å². The molecule has 1 aromatic carbocycles. The number of rotatable bonds is 4. The van der Waals surface area contributed by atoms with Crippen LogP contribution in [0.15, 0.2) is 45.7 Å². The Morgan fingerprint density at radius 2 is 1.97 bits per heavy atom. The highest BCUT2D eigenvalue weighted by atomic mass is 79.9. The highest BCUT2D eigenvalue weighted by Gasteiger charge is 2.49. The molecular formula is C21H20Br2ClN4O2+. The Bertz CT molecular complexity index is 1160. The number of amides is 1. The van der Waals surface area contributed by atoms with Gasteiger partial charge in [-0.2, -0.15) is 0 Å². The van der Waals surface area contributed by atoms with Crippen molar-refractivity contribution in [3.63, 3.8) is 0 Å². The monoisotopic (exact) mass is 553 g/mol. The van der Waals surface area contributed by atoms with Gasteiger partial charge in [-0.05, 0) is 76.4 Å². The molecule has 3 heterocycles. The minimum atomic E-state index is -0.445. The first-order valence-electron chi connectivity index (χ1n) is 9.37. The molecule has 0 aliphatic carbocycles. The topological polar surface area (TPSA) is 51.2 Å². The van der Waals surface area contributed by atoms with E-state index in [0.717, 1.165) is 27.1 Å². The minimum Gasteiger partial charge on any atom is -0.317 e. The van der Waals surface area contributed by atoms with Crippen molar-refractivity contribution >= 4 is 55.1 Å². The Hall–Kier alpha value is -1.90. The van der Waals surface area contributed by atoms with Crippen LogP contribution in [0.5, 0.6) is 0 Å². The number of anilines is 1. The second-order valence-electron chi connectivity index (χ2n) is 7.37. The average Bonchev–Trinajstić information content (AvgIpc) is 3.17.